The van der Waals surface area contributed by atoms with Crippen LogP contribution >= 0.6 is 11.6 Å². The van der Waals surface area contributed by atoms with Crippen molar-refractivity contribution in [1.82, 2.24) is 5.43 Å². The van der Waals surface area contributed by atoms with E-state index in [9.17, 15) is 32.3 Å². The first kappa shape index (κ1) is 23.1. The molecule has 168 valence electrons. The molecule has 0 atom stereocenters. The lowest BCUT2D eigenvalue weighted by Gasteiger charge is -2.27. The van der Waals surface area contributed by atoms with Gasteiger partial charge in [-0.1, -0.05) is 11.6 Å². The normalized spacial score (nSPS) is 14.1. The Kier molecular flexibility index (Phi) is 6.68. The third-order valence-electron chi connectivity index (χ3n) is 4.30. The number of nitrogens with one attached hydrogen (secondary N) is 2. The molecule has 12 heteroatoms. The minimum atomic E-state index is -4.70. The van der Waals surface area contributed by atoms with Crippen LogP contribution in [0.25, 0.3) is 0 Å². The van der Waals surface area contributed by atoms with Crippen molar-refractivity contribution in [3.05, 3.63) is 58.6 Å². The molecule has 2 aromatic rings. The molecule has 1 fully saturated rings. The summed E-state index contributed by atoms with van der Waals surface area (Å²) in [6.07, 6.45) is -4.55. The van der Waals surface area contributed by atoms with E-state index in [2.05, 4.69) is 10.7 Å². The summed E-state index contributed by atoms with van der Waals surface area (Å²) in [7, 11) is 0. The fourth-order valence-corrected chi connectivity index (χ4v) is 2.99. The number of rotatable bonds is 5. The van der Waals surface area contributed by atoms with Gasteiger partial charge in [0.2, 0.25) is 11.8 Å². The van der Waals surface area contributed by atoms with E-state index in [0.717, 1.165) is 11.1 Å². The van der Waals surface area contributed by atoms with Gasteiger partial charge >= 0.3 is 12.1 Å². The molecule has 2 N–H and O–H groups in total. The second-order valence-corrected chi connectivity index (χ2v) is 7.03. The Hall–Kier alpha value is -3.60. The van der Waals surface area contributed by atoms with Gasteiger partial charge in [0.25, 0.3) is 5.91 Å². The number of hydrogen-bond donors (Lipinski definition) is 2. The van der Waals surface area contributed by atoms with Crippen LogP contribution in [0.5, 0.6) is 0 Å². The predicted octanol–water partition coefficient (Wildman–Crippen LogP) is 3.31. The van der Waals surface area contributed by atoms with Gasteiger partial charge in [-0.25, -0.2) is 9.80 Å². The summed E-state index contributed by atoms with van der Waals surface area (Å²) in [5.41, 5.74) is 1.52. The predicted molar refractivity (Wildman–Crippen MR) is 107 cm³/mol. The van der Waals surface area contributed by atoms with E-state index in [4.69, 9.17) is 16.3 Å². The number of esters is 1. The molecule has 1 saturated heterocycles. The van der Waals surface area contributed by atoms with Gasteiger partial charge in [0.05, 0.1) is 21.8 Å². The van der Waals surface area contributed by atoms with E-state index in [1.54, 1.807) is 0 Å². The quantitative estimate of drug-likeness (QED) is 0.654. The number of amides is 3. The van der Waals surface area contributed by atoms with Crippen molar-refractivity contribution in [1.29, 1.82) is 0 Å². The van der Waals surface area contributed by atoms with Crippen LogP contribution in [-0.4, -0.2) is 30.3 Å². The van der Waals surface area contributed by atoms with Crippen molar-refractivity contribution in [3.63, 3.8) is 0 Å². The number of alkyl halides is 3. The number of ether oxygens (including phenoxy) is 1. The molecule has 0 bridgehead atoms. The molecule has 32 heavy (non-hydrogen) atoms. The summed E-state index contributed by atoms with van der Waals surface area (Å²) in [6.45, 7) is -0.745. The highest BCUT2D eigenvalue weighted by Gasteiger charge is 2.33. The molecule has 1 aliphatic rings. The van der Waals surface area contributed by atoms with E-state index in [1.165, 1.54) is 30.3 Å². The molecular weight excluding hydrogens is 455 g/mol. The molecule has 3 amide bonds. The number of hydrazine groups is 1. The maximum absolute atomic E-state index is 12.9. The van der Waals surface area contributed by atoms with Crippen LogP contribution in [0.2, 0.25) is 5.02 Å². The lowest BCUT2D eigenvalue weighted by molar-refractivity contribution is -0.137. The van der Waals surface area contributed by atoms with Crippen LogP contribution in [0.3, 0.4) is 0 Å². The summed E-state index contributed by atoms with van der Waals surface area (Å²) in [4.78, 5) is 47.4. The molecule has 1 heterocycles. The number of carbonyl (C=O) groups is 4. The Morgan fingerprint density at radius 1 is 1.09 bits per heavy atom. The van der Waals surface area contributed by atoms with E-state index in [0.29, 0.717) is 11.8 Å². The number of benzene rings is 2. The second-order valence-electron chi connectivity index (χ2n) is 6.63. The van der Waals surface area contributed by atoms with Gasteiger partial charge in [-0.15, -0.1) is 0 Å². The van der Waals surface area contributed by atoms with Gasteiger partial charge in [-0.3, -0.25) is 19.8 Å². The van der Waals surface area contributed by atoms with Crippen LogP contribution < -0.4 is 15.8 Å². The van der Waals surface area contributed by atoms with Crippen molar-refractivity contribution in [2.45, 2.75) is 19.0 Å². The van der Waals surface area contributed by atoms with E-state index >= 15 is 0 Å². The fourth-order valence-electron chi connectivity index (χ4n) is 2.76. The monoisotopic (exact) mass is 469 g/mol. The molecule has 0 unspecified atom stereocenters. The van der Waals surface area contributed by atoms with Crippen molar-refractivity contribution >= 4 is 46.7 Å². The first-order valence-electron chi connectivity index (χ1n) is 9.11. The Morgan fingerprint density at radius 3 is 2.44 bits per heavy atom. The molecule has 8 nitrogen and oxygen atoms in total. The molecule has 3 rings (SSSR count). The van der Waals surface area contributed by atoms with Gasteiger partial charge in [0, 0.05) is 18.5 Å². The van der Waals surface area contributed by atoms with Gasteiger partial charge in [-0.2, -0.15) is 13.2 Å². The molecule has 0 radical (unpaired) electrons. The van der Waals surface area contributed by atoms with Crippen LogP contribution in [0.15, 0.2) is 42.5 Å². The Morgan fingerprint density at radius 2 is 1.78 bits per heavy atom. The number of halogens is 4. The maximum Gasteiger partial charge on any atom is 0.417 e. The number of anilines is 2. The largest absolute Gasteiger partial charge is 0.452 e. The first-order valence-corrected chi connectivity index (χ1v) is 9.48. The summed E-state index contributed by atoms with van der Waals surface area (Å²) < 4.78 is 43.5. The van der Waals surface area contributed by atoms with Gasteiger partial charge in [0.15, 0.2) is 6.61 Å². The van der Waals surface area contributed by atoms with Crippen LogP contribution in [0.4, 0.5) is 24.5 Å². The summed E-state index contributed by atoms with van der Waals surface area (Å²) in [5, 5.41) is 2.74. The Balaban J connectivity index is 1.57. The second kappa shape index (κ2) is 9.27. The third-order valence-corrected chi connectivity index (χ3v) is 4.63. The zero-order chi connectivity index (χ0) is 23.5. The molecule has 1 aliphatic heterocycles. The average Bonchev–Trinajstić information content (AvgIpc) is 2.74. The van der Waals surface area contributed by atoms with Crippen LogP contribution in [0, 0.1) is 0 Å². The highest BCUT2D eigenvalue weighted by atomic mass is 35.5. The van der Waals surface area contributed by atoms with Crippen molar-refractivity contribution < 1.29 is 37.1 Å². The number of carbonyl (C=O) groups excluding carboxylic acids is 4. The number of hydrogen-bond acceptors (Lipinski definition) is 5. The Bertz CT molecular complexity index is 1070. The standard InChI is InChI=1S/C20H15ClF3N3O5/c21-15-6-3-12(9-14(15)20(22,23)24)25-17(29)10-32-19(31)11-1-4-13(5-2-11)27-18(30)8-7-16(28)26-27/h1-6,9H,7-8,10H2,(H,25,29)(H,26,28). The van der Waals surface area contributed by atoms with E-state index in [1.807, 2.05) is 0 Å². The van der Waals surface area contributed by atoms with Crippen molar-refractivity contribution in [3.8, 4) is 0 Å². The Labute approximate surface area is 184 Å². The zero-order valence-corrected chi connectivity index (χ0v) is 16.9. The van der Waals surface area contributed by atoms with E-state index < -0.39 is 35.2 Å². The molecule has 0 saturated carbocycles. The third kappa shape index (κ3) is 5.55. The van der Waals surface area contributed by atoms with Gasteiger partial charge in [0.1, 0.15) is 0 Å². The zero-order valence-electron chi connectivity index (χ0n) is 16.2. The molecule has 0 aliphatic carbocycles. The minimum Gasteiger partial charge on any atom is -0.452 e. The lowest BCUT2D eigenvalue weighted by atomic mass is 10.2. The molecular formula is C20H15ClF3N3O5. The summed E-state index contributed by atoms with van der Waals surface area (Å²) in [6, 6.07) is 8.32. The molecule has 2 aromatic carbocycles. The molecule has 0 spiro atoms. The summed E-state index contributed by atoms with van der Waals surface area (Å²) in [5.74, 6) is -2.35. The number of nitrogens with zero attached hydrogens (tertiary/aromatic N) is 1. The first-order chi connectivity index (χ1) is 15.0. The topological polar surface area (TPSA) is 105 Å². The van der Waals surface area contributed by atoms with Crippen molar-refractivity contribution in [2.75, 3.05) is 16.9 Å². The minimum absolute atomic E-state index is 0.0584. The highest BCUT2D eigenvalue weighted by molar-refractivity contribution is 6.31. The average molecular weight is 470 g/mol. The van der Waals surface area contributed by atoms with Crippen LogP contribution in [-0.2, 0) is 25.3 Å². The SMILES string of the molecule is O=C(COC(=O)c1ccc(N2NC(=O)CCC2=O)cc1)Nc1ccc(Cl)c(C(F)(F)F)c1. The smallest absolute Gasteiger partial charge is 0.417 e. The lowest BCUT2D eigenvalue weighted by Crippen LogP contribution is -2.50. The van der Waals surface area contributed by atoms with Gasteiger partial charge in [-0.05, 0) is 42.5 Å². The fraction of sp³-hybridized carbons (Fsp3) is 0.200. The maximum atomic E-state index is 12.9. The molecule has 0 aromatic heterocycles. The van der Waals surface area contributed by atoms with Crippen LogP contribution in [0.1, 0.15) is 28.8 Å². The van der Waals surface area contributed by atoms with Crippen molar-refractivity contribution in [2.24, 2.45) is 0 Å². The van der Waals surface area contributed by atoms with E-state index in [-0.39, 0.29) is 35.9 Å². The van der Waals surface area contributed by atoms with Gasteiger partial charge < -0.3 is 10.1 Å². The highest BCUT2D eigenvalue weighted by Crippen LogP contribution is 2.36. The summed E-state index contributed by atoms with van der Waals surface area (Å²) >= 11 is 5.52.